The molecule has 5 heteroatoms. The molecule has 1 aromatic rings. The molecule has 0 fully saturated rings. The molecule has 0 amide bonds. The van der Waals surface area contributed by atoms with E-state index in [1.807, 2.05) is 0 Å². The fourth-order valence-corrected chi connectivity index (χ4v) is 2.03. The molecule has 0 bridgehead atoms. The topological polar surface area (TPSA) is 12.0 Å². The van der Waals surface area contributed by atoms with Crippen LogP contribution in [0.25, 0.3) is 0 Å². The van der Waals surface area contributed by atoms with Crippen molar-refractivity contribution in [3.8, 4) is 0 Å². The van der Waals surface area contributed by atoms with Gasteiger partial charge in [0.1, 0.15) is 6.04 Å². The Morgan fingerprint density at radius 3 is 2.71 bits per heavy atom. The summed E-state index contributed by atoms with van der Waals surface area (Å²) in [5, 5.41) is 2.44. The van der Waals surface area contributed by atoms with E-state index in [0.717, 1.165) is 4.47 Å². The highest BCUT2D eigenvalue weighted by molar-refractivity contribution is 9.10. The second kappa shape index (κ2) is 3.24. The van der Waals surface area contributed by atoms with Gasteiger partial charge in [0.2, 0.25) is 0 Å². The number of hydrogen-bond donors (Lipinski definition) is 1. The Balaban J connectivity index is 2.41. The van der Waals surface area contributed by atoms with Crippen LogP contribution in [0.15, 0.2) is 22.7 Å². The van der Waals surface area contributed by atoms with E-state index in [1.165, 1.54) is 6.07 Å². The van der Waals surface area contributed by atoms with Crippen molar-refractivity contribution in [2.45, 2.75) is 18.8 Å². The molecule has 76 valence electrons. The normalized spacial score (nSPS) is 21.0. The summed E-state index contributed by atoms with van der Waals surface area (Å²) in [4.78, 5) is 0. The molecule has 0 aliphatic carbocycles. The van der Waals surface area contributed by atoms with E-state index >= 15 is 0 Å². The van der Waals surface area contributed by atoms with Crippen LogP contribution < -0.4 is 5.32 Å². The number of halogens is 4. The van der Waals surface area contributed by atoms with Gasteiger partial charge in [-0.05, 0) is 23.3 Å². The largest absolute Gasteiger partial charge is 0.407 e. The van der Waals surface area contributed by atoms with Crippen LogP contribution in [-0.2, 0) is 6.54 Å². The summed E-state index contributed by atoms with van der Waals surface area (Å²) in [7, 11) is 0. The van der Waals surface area contributed by atoms with Gasteiger partial charge in [0, 0.05) is 11.0 Å². The summed E-state index contributed by atoms with van der Waals surface area (Å²) in [6, 6.07) is 3.35. The fraction of sp³-hybridized carbons (Fsp3) is 0.333. The molecule has 0 spiro atoms. The van der Waals surface area contributed by atoms with Crippen LogP contribution in [0.3, 0.4) is 0 Å². The molecule has 0 unspecified atom stereocenters. The number of nitrogens with one attached hydrogen (secondary N) is 1. The highest BCUT2D eigenvalue weighted by Gasteiger charge is 2.44. The number of fused-ring (bicyclic) bond motifs is 1. The van der Waals surface area contributed by atoms with Gasteiger partial charge in [0.15, 0.2) is 0 Å². The average Bonchev–Trinajstić information content (AvgIpc) is 2.45. The number of benzene rings is 1. The molecule has 1 aliphatic heterocycles. The van der Waals surface area contributed by atoms with E-state index in [2.05, 4.69) is 21.2 Å². The van der Waals surface area contributed by atoms with Gasteiger partial charge in [-0.25, -0.2) is 0 Å². The number of rotatable bonds is 0. The van der Waals surface area contributed by atoms with Gasteiger partial charge in [0.05, 0.1) is 0 Å². The lowest BCUT2D eigenvalue weighted by Gasteiger charge is -2.15. The van der Waals surface area contributed by atoms with Crippen LogP contribution >= 0.6 is 15.9 Å². The van der Waals surface area contributed by atoms with Crippen LogP contribution in [0.2, 0.25) is 0 Å². The first-order valence-electron chi connectivity index (χ1n) is 4.07. The summed E-state index contributed by atoms with van der Waals surface area (Å²) < 4.78 is 38.2. The Hall–Kier alpha value is -0.550. The lowest BCUT2D eigenvalue weighted by Crippen LogP contribution is -2.28. The number of hydrogen-bond acceptors (Lipinski definition) is 1. The molecule has 1 nitrogen and oxygen atoms in total. The Morgan fingerprint density at radius 1 is 1.36 bits per heavy atom. The van der Waals surface area contributed by atoms with Crippen molar-refractivity contribution in [2.75, 3.05) is 0 Å². The zero-order valence-corrected chi connectivity index (χ0v) is 8.61. The highest BCUT2D eigenvalue weighted by Crippen LogP contribution is 2.38. The minimum absolute atomic E-state index is 0.277. The van der Waals surface area contributed by atoms with Crippen molar-refractivity contribution in [1.82, 2.24) is 5.32 Å². The first kappa shape index (κ1) is 9.98. The van der Waals surface area contributed by atoms with Crippen LogP contribution in [-0.4, -0.2) is 6.18 Å². The number of alkyl halides is 3. The van der Waals surface area contributed by atoms with Crippen molar-refractivity contribution in [3.63, 3.8) is 0 Å². The molecule has 1 aromatic carbocycles. The first-order valence-corrected chi connectivity index (χ1v) is 4.86. The van der Waals surface area contributed by atoms with E-state index < -0.39 is 12.2 Å². The molecular weight excluding hydrogens is 259 g/mol. The predicted molar refractivity (Wildman–Crippen MR) is 49.8 cm³/mol. The standard InChI is InChI=1S/C9H7BrF3N/c10-6-1-2-7-5(3-6)4-14-8(7)9(11,12)13/h1-3,8,14H,4H2/t8-/m0/s1. The lowest BCUT2D eigenvalue weighted by atomic mass is 10.1. The summed E-state index contributed by atoms with van der Waals surface area (Å²) in [6.07, 6.45) is -4.21. The maximum atomic E-state index is 12.5. The van der Waals surface area contributed by atoms with Gasteiger partial charge >= 0.3 is 6.18 Å². The molecule has 0 saturated carbocycles. The van der Waals surface area contributed by atoms with E-state index in [1.54, 1.807) is 12.1 Å². The third-order valence-corrected chi connectivity index (χ3v) is 2.73. The summed E-state index contributed by atoms with van der Waals surface area (Å²) in [5.74, 6) is 0. The Bertz CT molecular complexity index is 362. The van der Waals surface area contributed by atoms with Crippen molar-refractivity contribution < 1.29 is 13.2 Å². The van der Waals surface area contributed by atoms with E-state index in [4.69, 9.17) is 0 Å². The predicted octanol–water partition coefficient (Wildman–Crippen LogP) is 3.16. The Kier molecular flexibility index (Phi) is 2.31. The van der Waals surface area contributed by atoms with Gasteiger partial charge < -0.3 is 0 Å². The van der Waals surface area contributed by atoms with Crippen molar-refractivity contribution in [2.24, 2.45) is 0 Å². The van der Waals surface area contributed by atoms with E-state index in [-0.39, 0.29) is 6.54 Å². The van der Waals surface area contributed by atoms with Crippen molar-refractivity contribution in [3.05, 3.63) is 33.8 Å². The molecular formula is C9H7BrF3N. The Labute approximate surface area is 87.4 Å². The monoisotopic (exact) mass is 265 g/mol. The van der Waals surface area contributed by atoms with Gasteiger partial charge in [-0.1, -0.05) is 22.0 Å². The SMILES string of the molecule is FC(F)(F)[C@H]1NCc2cc(Br)ccc21. The van der Waals surface area contributed by atoms with E-state index in [9.17, 15) is 13.2 Å². The molecule has 14 heavy (non-hydrogen) atoms. The fourth-order valence-electron chi connectivity index (χ4n) is 1.62. The summed E-state index contributed by atoms with van der Waals surface area (Å²) in [6.45, 7) is 0.277. The average molecular weight is 266 g/mol. The smallest absolute Gasteiger partial charge is 0.298 e. The van der Waals surface area contributed by atoms with Crippen molar-refractivity contribution in [1.29, 1.82) is 0 Å². The van der Waals surface area contributed by atoms with E-state index in [0.29, 0.717) is 11.1 Å². The molecule has 0 radical (unpaired) electrons. The third-order valence-electron chi connectivity index (χ3n) is 2.24. The summed E-state index contributed by atoms with van der Waals surface area (Å²) >= 11 is 3.23. The maximum absolute atomic E-state index is 12.5. The maximum Gasteiger partial charge on any atom is 0.407 e. The highest BCUT2D eigenvalue weighted by atomic mass is 79.9. The molecule has 1 heterocycles. The van der Waals surface area contributed by atoms with Crippen LogP contribution in [0.1, 0.15) is 17.2 Å². The zero-order chi connectivity index (χ0) is 10.3. The molecule has 0 saturated heterocycles. The Morgan fingerprint density at radius 2 is 2.07 bits per heavy atom. The van der Waals surface area contributed by atoms with Gasteiger partial charge in [-0.3, -0.25) is 5.32 Å². The van der Waals surface area contributed by atoms with Crippen LogP contribution in [0, 0.1) is 0 Å². The lowest BCUT2D eigenvalue weighted by molar-refractivity contribution is -0.155. The minimum atomic E-state index is -4.21. The zero-order valence-electron chi connectivity index (χ0n) is 7.03. The molecule has 2 rings (SSSR count). The first-order chi connectivity index (χ1) is 6.48. The van der Waals surface area contributed by atoms with Gasteiger partial charge in [-0.2, -0.15) is 13.2 Å². The van der Waals surface area contributed by atoms with Crippen molar-refractivity contribution >= 4 is 15.9 Å². The molecule has 1 N–H and O–H groups in total. The third kappa shape index (κ3) is 1.66. The van der Waals surface area contributed by atoms with Gasteiger partial charge in [0.25, 0.3) is 0 Å². The van der Waals surface area contributed by atoms with Gasteiger partial charge in [-0.15, -0.1) is 0 Å². The van der Waals surface area contributed by atoms with Crippen LogP contribution in [0.4, 0.5) is 13.2 Å². The minimum Gasteiger partial charge on any atom is -0.298 e. The molecule has 1 atom stereocenters. The quantitative estimate of drug-likeness (QED) is 0.760. The second-order valence-corrected chi connectivity index (χ2v) is 4.11. The molecule has 0 aromatic heterocycles. The molecule has 1 aliphatic rings. The second-order valence-electron chi connectivity index (χ2n) is 3.20. The van der Waals surface area contributed by atoms with Crippen LogP contribution in [0.5, 0.6) is 0 Å². The summed E-state index contributed by atoms with van der Waals surface area (Å²) in [5.41, 5.74) is 1.04.